The predicted molar refractivity (Wildman–Crippen MR) is 97.4 cm³/mol. The van der Waals surface area contributed by atoms with E-state index in [1.54, 1.807) is 0 Å². The molecule has 3 rings (SSSR count). The fourth-order valence-corrected chi connectivity index (χ4v) is 4.56. The van der Waals surface area contributed by atoms with Gasteiger partial charge in [-0.1, -0.05) is 0 Å². The van der Waals surface area contributed by atoms with Crippen molar-refractivity contribution in [3.63, 3.8) is 0 Å². The van der Waals surface area contributed by atoms with Crippen LogP contribution in [0.4, 0.5) is 8.78 Å². The van der Waals surface area contributed by atoms with Crippen LogP contribution in [-0.2, 0) is 4.79 Å². The lowest BCUT2D eigenvalue weighted by atomic mass is 9.85. The minimum Gasteiger partial charge on any atom is -0.354 e. The Bertz CT molecular complexity index is 433. The normalized spacial score (nSPS) is 32.8. The second-order valence-electron chi connectivity index (χ2n) is 7.98. The first-order valence-corrected chi connectivity index (χ1v) is 9.63. The van der Waals surface area contributed by atoms with Crippen molar-refractivity contribution in [1.29, 1.82) is 0 Å². The van der Waals surface area contributed by atoms with Crippen molar-refractivity contribution in [1.82, 2.24) is 15.5 Å². The molecule has 7 heteroatoms. The number of amides is 1. The van der Waals surface area contributed by atoms with Crippen molar-refractivity contribution in [3.8, 4) is 0 Å². The van der Waals surface area contributed by atoms with Crippen LogP contribution in [0.2, 0.25) is 0 Å². The number of halogens is 3. The predicted octanol–water partition coefficient (Wildman–Crippen LogP) is 2.81. The molecule has 2 aliphatic heterocycles. The second kappa shape index (κ2) is 9.47. The third-order valence-electron chi connectivity index (χ3n) is 5.80. The highest BCUT2D eigenvalue weighted by Gasteiger charge is 2.37. The van der Waals surface area contributed by atoms with Gasteiger partial charge in [0.05, 0.1) is 6.04 Å². The molecule has 0 radical (unpaired) electrons. The van der Waals surface area contributed by atoms with Gasteiger partial charge in [0.25, 0.3) is 0 Å². The fraction of sp³-hybridized carbons (Fsp3) is 0.944. The van der Waals surface area contributed by atoms with Crippen LogP contribution in [0.25, 0.3) is 0 Å². The summed E-state index contributed by atoms with van der Waals surface area (Å²) in [5, 5.41) is 6.30. The summed E-state index contributed by atoms with van der Waals surface area (Å²) in [5.74, 6) is -1.75. The van der Waals surface area contributed by atoms with Gasteiger partial charge in [-0.3, -0.25) is 4.79 Å². The van der Waals surface area contributed by atoms with E-state index in [-0.39, 0.29) is 43.1 Å². The van der Waals surface area contributed by atoms with Gasteiger partial charge in [0.1, 0.15) is 0 Å². The first-order valence-electron chi connectivity index (χ1n) is 9.63. The molecule has 3 fully saturated rings. The van der Waals surface area contributed by atoms with E-state index in [1.807, 2.05) is 0 Å². The van der Waals surface area contributed by atoms with E-state index < -0.39 is 5.92 Å². The summed E-state index contributed by atoms with van der Waals surface area (Å²) < 4.78 is 27.1. The quantitative estimate of drug-likeness (QED) is 0.772. The van der Waals surface area contributed by atoms with Crippen LogP contribution in [0, 0.1) is 11.8 Å². The number of hydrogen-bond donors (Lipinski definition) is 2. The van der Waals surface area contributed by atoms with Gasteiger partial charge >= 0.3 is 0 Å². The van der Waals surface area contributed by atoms with Gasteiger partial charge in [-0.15, -0.1) is 12.4 Å². The Balaban J connectivity index is 0.00000225. The fourth-order valence-electron chi connectivity index (χ4n) is 4.56. The van der Waals surface area contributed by atoms with Gasteiger partial charge in [-0.25, -0.2) is 8.78 Å². The summed E-state index contributed by atoms with van der Waals surface area (Å²) in [4.78, 5) is 14.4. The third kappa shape index (κ3) is 6.33. The molecule has 25 heavy (non-hydrogen) atoms. The van der Waals surface area contributed by atoms with Crippen LogP contribution in [0.15, 0.2) is 0 Å². The SMILES string of the molecule is Cl.O=C(NCC1CCCN(CC2CCCC(F)(F)C2)C1)C1CCCN1. The van der Waals surface area contributed by atoms with E-state index in [0.717, 1.165) is 58.3 Å². The average Bonchev–Trinajstić information content (AvgIpc) is 3.06. The number of likely N-dealkylation sites (tertiary alicyclic amines) is 1. The van der Waals surface area contributed by atoms with Crippen LogP contribution < -0.4 is 10.6 Å². The Hall–Kier alpha value is -0.460. The number of nitrogens with one attached hydrogen (secondary N) is 2. The molecule has 1 aliphatic carbocycles. The largest absolute Gasteiger partial charge is 0.354 e. The topological polar surface area (TPSA) is 44.4 Å². The summed E-state index contributed by atoms with van der Waals surface area (Å²) in [5.41, 5.74) is 0. The smallest absolute Gasteiger partial charge is 0.248 e. The summed E-state index contributed by atoms with van der Waals surface area (Å²) in [6, 6.07) is -0.0193. The van der Waals surface area contributed by atoms with E-state index in [9.17, 15) is 13.6 Å². The van der Waals surface area contributed by atoms with Crippen molar-refractivity contribution in [2.45, 2.75) is 63.3 Å². The zero-order chi connectivity index (χ0) is 17.0. The summed E-state index contributed by atoms with van der Waals surface area (Å²) in [6.07, 6.45) is 5.92. The molecule has 0 aromatic heterocycles. The van der Waals surface area contributed by atoms with E-state index in [2.05, 4.69) is 15.5 Å². The van der Waals surface area contributed by atoms with Crippen LogP contribution in [0.3, 0.4) is 0 Å². The second-order valence-corrected chi connectivity index (χ2v) is 7.98. The summed E-state index contributed by atoms with van der Waals surface area (Å²) >= 11 is 0. The molecule has 3 aliphatic rings. The number of rotatable bonds is 5. The number of alkyl halides is 2. The molecule has 146 valence electrons. The molecule has 3 unspecified atom stereocenters. The van der Waals surface area contributed by atoms with Gasteiger partial charge in [0, 0.05) is 32.5 Å². The van der Waals surface area contributed by atoms with Gasteiger partial charge < -0.3 is 15.5 Å². The third-order valence-corrected chi connectivity index (χ3v) is 5.80. The maximum atomic E-state index is 13.6. The highest BCUT2D eigenvalue weighted by atomic mass is 35.5. The Morgan fingerprint density at radius 3 is 2.68 bits per heavy atom. The molecule has 3 atom stereocenters. The summed E-state index contributed by atoms with van der Waals surface area (Å²) in [7, 11) is 0. The van der Waals surface area contributed by atoms with E-state index in [0.29, 0.717) is 18.9 Å². The number of nitrogens with zero attached hydrogens (tertiary/aromatic N) is 1. The number of hydrogen-bond acceptors (Lipinski definition) is 3. The maximum absolute atomic E-state index is 13.6. The minimum atomic E-state index is -2.46. The lowest BCUT2D eigenvalue weighted by Crippen LogP contribution is -2.46. The Labute approximate surface area is 155 Å². The zero-order valence-electron chi connectivity index (χ0n) is 14.9. The zero-order valence-corrected chi connectivity index (χ0v) is 15.8. The molecule has 1 amide bonds. The Morgan fingerprint density at radius 1 is 1.16 bits per heavy atom. The highest BCUT2D eigenvalue weighted by molar-refractivity contribution is 5.85. The Kier molecular flexibility index (Phi) is 7.90. The van der Waals surface area contributed by atoms with Crippen LogP contribution >= 0.6 is 12.4 Å². The minimum absolute atomic E-state index is 0. The lowest BCUT2D eigenvalue weighted by Gasteiger charge is -2.37. The standard InChI is InChI=1S/C18H31F2N3O.ClH/c19-18(20)7-1-4-14(10-18)12-23-9-3-5-15(13-23)11-22-17(24)16-6-2-8-21-16;/h14-16,21H,1-13H2,(H,22,24);1H. The van der Waals surface area contributed by atoms with Crippen molar-refractivity contribution in [3.05, 3.63) is 0 Å². The van der Waals surface area contributed by atoms with E-state index in [4.69, 9.17) is 0 Å². The first-order chi connectivity index (χ1) is 11.5. The van der Waals surface area contributed by atoms with Gasteiger partial charge in [0.15, 0.2) is 0 Å². The van der Waals surface area contributed by atoms with Crippen LogP contribution in [0.5, 0.6) is 0 Å². The maximum Gasteiger partial charge on any atom is 0.248 e. The number of carbonyl (C=O) groups excluding carboxylic acids is 1. The molecule has 2 saturated heterocycles. The van der Waals surface area contributed by atoms with Crippen LogP contribution in [-0.4, -0.2) is 55.5 Å². The molecule has 0 aromatic carbocycles. The molecule has 1 saturated carbocycles. The molecule has 4 nitrogen and oxygen atoms in total. The summed E-state index contributed by atoms with van der Waals surface area (Å²) in [6.45, 7) is 4.39. The number of carbonyl (C=O) groups is 1. The van der Waals surface area contributed by atoms with E-state index in [1.165, 1.54) is 0 Å². The highest BCUT2D eigenvalue weighted by Crippen LogP contribution is 2.37. The molecule has 0 aromatic rings. The molecular weight excluding hydrogens is 348 g/mol. The van der Waals surface area contributed by atoms with Crippen molar-refractivity contribution in [2.75, 3.05) is 32.7 Å². The molecular formula is C18H32ClF2N3O. The monoisotopic (exact) mass is 379 g/mol. The van der Waals surface area contributed by atoms with Crippen molar-refractivity contribution >= 4 is 18.3 Å². The average molecular weight is 380 g/mol. The Morgan fingerprint density at radius 2 is 1.96 bits per heavy atom. The van der Waals surface area contributed by atoms with E-state index >= 15 is 0 Å². The van der Waals surface area contributed by atoms with Gasteiger partial charge in [-0.05, 0) is 63.5 Å². The van der Waals surface area contributed by atoms with Crippen LogP contribution in [0.1, 0.15) is 51.4 Å². The first kappa shape index (κ1) is 20.8. The molecule has 2 heterocycles. The number of piperidine rings is 1. The lowest BCUT2D eigenvalue weighted by molar-refractivity contribution is -0.123. The van der Waals surface area contributed by atoms with Gasteiger partial charge in [-0.2, -0.15) is 0 Å². The van der Waals surface area contributed by atoms with Crippen molar-refractivity contribution < 1.29 is 13.6 Å². The van der Waals surface area contributed by atoms with Gasteiger partial charge in [0.2, 0.25) is 11.8 Å². The molecule has 2 N–H and O–H groups in total. The van der Waals surface area contributed by atoms with Crippen molar-refractivity contribution in [2.24, 2.45) is 11.8 Å². The molecule has 0 bridgehead atoms. The molecule has 0 spiro atoms.